The third kappa shape index (κ3) is 4.56. The molecule has 0 aliphatic heterocycles. The average Bonchev–Trinajstić information content (AvgIpc) is 2.68. The second-order valence-electron chi connectivity index (χ2n) is 6.94. The van der Waals surface area contributed by atoms with Gasteiger partial charge in [0.05, 0.1) is 16.7 Å². The van der Waals surface area contributed by atoms with Crippen LogP contribution in [0, 0.1) is 5.92 Å². The molecule has 0 saturated heterocycles. The lowest BCUT2D eigenvalue weighted by Crippen LogP contribution is -2.29. The van der Waals surface area contributed by atoms with Gasteiger partial charge in [-0.2, -0.15) is 0 Å². The molecular formula is C21H22ClN3O2S. The van der Waals surface area contributed by atoms with Gasteiger partial charge >= 0.3 is 0 Å². The molecule has 0 atom stereocenters. The molecule has 5 nitrogen and oxygen atoms in total. The lowest BCUT2D eigenvalue weighted by atomic mass is 10.2. The van der Waals surface area contributed by atoms with Crippen molar-refractivity contribution >= 4 is 45.9 Å². The van der Waals surface area contributed by atoms with E-state index in [1.165, 1.54) is 11.8 Å². The van der Waals surface area contributed by atoms with Crippen molar-refractivity contribution in [3.63, 3.8) is 0 Å². The number of aromatic nitrogens is 2. The summed E-state index contributed by atoms with van der Waals surface area (Å²) in [5.74, 6) is 0.390. The number of carbonyl (C=O) groups excluding carboxylic acids is 1. The first-order valence-corrected chi connectivity index (χ1v) is 10.4. The van der Waals surface area contributed by atoms with Crippen LogP contribution >= 0.6 is 23.4 Å². The Bertz CT molecular complexity index is 1050. The minimum absolute atomic E-state index is 0.0623. The van der Waals surface area contributed by atoms with Gasteiger partial charge in [0.2, 0.25) is 5.91 Å². The molecule has 0 unspecified atom stereocenters. The number of amides is 1. The maximum atomic E-state index is 13.0. The Kier molecular flexibility index (Phi) is 6.42. The van der Waals surface area contributed by atoms with Crippen LogP contribution in [0.1, 0.15) is 13.8 Å². The van der Waals surface area contributed by atoms with Gasteiger partial charge in [-0.3, -0.25) is 14.2 Å². The van der Waals surface area contributed by atoms with Crippen LogP contribution in [0.2, 0.25) is 5.02 Å². The molecule has 0 N–H and O–H groups in total. The standard InChI is InChI=1S/C21H22ClN3O2S/c1-14(2)12-25-20(27)17-10-9-15(22)11-18(17)23-21(25)28-13-19(26)24(3)16-7-5-4-6-8-16/h4-11,14H,12-13H2,1-3H3. The number of halogens is 1. The molecule has 1 amide bonds. The first-order valence-electron chi connectivity index (χ1n) is 9.01. The van der Waals surface area contributed by atoms with Crippen molar-refractivity contribution in [1.29, 1.82) is 0 Å². The summed E-state index contributed by atoms with van der Waals surface area (Å²) < 4.78 is 1.65. The Morgan fingerprint density at radius 1 is 1.21 bits per heavy atom. The van der Waals surface area contributed by atoms with E-state index in [4.69, 9.17) is 11.6 Å². The Morgan fingerprint density at radius 2 is 1.93 bits per heavy atom. The summed E-state index contributed by atoms with van der Waals surface area (Å²) in [5, 5.41) is 1.59. The molecule has 0 aliphatic rings. The number of fused-ring (bicyclic) bond motifs is 1. The molecular weight excluding hydrogens is 394 g/mol. The van der Waals surface area contributed by atoms with Crippen molar-refractivity contribution in [1.82, 2.24) is 9.55 Å². The van der Waals surface area contributed by atoms with Crippen LogP contribution in [-0.4, -0.2) is 28.3 Å². The van der Waals surface area contributed by atoms with Gasteiger partial charge in [0.25, 0.3) is 5.56 Å². The van der Waals surface area contributed by atoms with Crippen molar-refractivity contribution in [3.8, 4) is 0 Å². The average molecular weight is 416 g/mol. The van der Waals surface area contributed by atoms with E-state index in [0.29, 0.717) is 27.6 Å². The molecule has 0 bridgehead atoms. The number of benzene rings is 2. The lowest BCUT2D eigenvalue weighted by molar-refractivity contribution is -0.115. The SMILES string of the molecule is CC(C)Cn1c(SCC(=O)N(C)c2ccccc2)nc2cc(Cl)ccc2c1=O. The Morgan fingerprint density at radius 3 is 2.61 bits per heavy atom. The van der Waals surface area contributed by atoms with Gasteiger partial charge in [-0.1, -0.05) is 55.4 Å². The van der Waals surface area contributed by atoms with E-state index in [1.54, 1.807) is 34.7 Å². The van der Waals surface area contributed by atoms with E-state index in [1.807, 2.05) is 44.2 Å². The summed E-state index contributed by atoms with van der Waals surface area (Å²) >= 11 is 7.34. The smallest absolute Gasteiger partial charge is 0.262 e. The number of thioether (sulfide) groups is 1. The second-order valence-corrected chi connectivity index (χ2v) is 8.32. The third-order valence-electron chi connectivity index (χ3n) is 4.27. The zero-order valence-electron chi connectivity index (χ0n) is 16.1. The maximum Gasteiger partial charge on any atom is 0.262 e. The van der Waals surface area contributed by atoms with Gasteiger partial charge in [0, 0.05) is 24.3 Å². The first kappa shape index (κ1) is 20.4. The van der Waals surface area contributed by atoms with Gasteiger partial charge < -0.3 is 4.90 Å². The van der Waals surface area contributed by atoms with E-state index >= 15 is 0 Å². The van der Waals surface area contributed by atoms with Crippen LogP contribution in [0.25, 0.3) is 10.9 Å². The fourth-order valence-corrected chi connectivity index (χ4v) is 3.92. The third-order valence-corrected chi connectivity index (χ3v) is 5.47. The Hall–Kier alpha value is -2.31. The largest absolute Gasteiger partial charge is 0.315 e. The number of nitrogens with zero attached hydrogens (tertiary/aromatic N) is 3. The fraction of sp³-hybridized carbons (Fsp3) is 0.286. The van der Waals surface area contributed by atoms with Crippen molar-refractivity contribution in [2.45, 2.75) is 25.5 Å². The number of carbonyl (C=O) groups is 1. The molecule has 7 heteroatoms. The van der Waals surface area contributed by atoms with Crippen molar-refractivity contribution in [2.24, 2.45) is 5.92 Å². The zero-order valence-corrected chi connectivity index (χ0v) is 17.6. The predicted octanol–water partition coefficient (Wildman–Crippen LogP) is 4.46. The van der Waals surface area contributed by atoms with Crippen LogP contribution in [0.5, 0.6) is 0 Å². The monoisotopic (exact) mass is 415 g/mol. The Labute approximate surface area is 173 Å². The topological polar surface area (TPSA) is 55.2 Å². The van der Waals surface area contributed by atoms with Crippen LogP contribution < -0.4 is 10.5 Å². The number of hydrogen-bond donors (Lipinski definition) is 0. The molecule has 2 aromatic carbocycles. The number of rotatable bonds is 6. The van der Waals surface area contributed by atoms with E-state index in [0.717, 1.165) is 5.69 Å². The van der Waals surface area contributed by atoms with Crippen LogP contribution in [0.3, 0.4) is 0 Å². The predicted molar refractivity (Wildman–Crippen MR) is 116 cm³/mol. The zero-order chi connectivity index (χ0) is 20.3. The number of para-hydroxylation sites is 1. The van der Waals surface area contributed by atoms with Gasteiger partial charge in [0.1, 0.15) is 0 Å². The number of anilines is 1. The van der Waals surface area contributed by atoms with Crippen LogP contribution in [0.4, 0.5) is 5.69 Å². The maximum absolute atomic E-state index is 13.0. The van der Waals surface area contributed by atoms with Gasteiger partial charge in [0.15, 0.2) is 5.16 Å². The molecule has 0 spiro atoms. The highest BCUT2D eigenvalue weighted by molar-refractivity contribution is 7.99. The highest BCUT2D eigenvalue weighted by Crippen LogP contribution is 2.22. The second kappa shape index (κ2) is 8.80. The summed E-state index contributed by atoms with van der Waals surface area (Å²) in [4.78, 5) is 31.8. The summed E-state index contributed by atoms with van der Waals surface area (Å²) in [6.07, 6.45) is 0. The molecule has 0 aliphatic carbocycles. The van der Waals surface area contributed by atoms with Gasteiger partial charge in [-0.25, -0.2) is 4.98 Å². The summed E-state index contributed by atoms with van der Waals surface area (Å²) in [6.45, 7) is 4.62. The van der Waals surface area contributed by atoms with Crippen molar-refractivity contribution in [3.05, 3.63) is 63.9 Å². The molecule has 146 valence electrons. The van der Waals surface area contributed by atoms with E-state index < -0.39 is 0 Å². The molecule has 3 rings (SSSR count). The highest BCUT2D eigenvalue weighted by atomic mass is 35.5. The van der Waals surface area contributed by atoms with E-state index in [2.05, 4.69) is 4.98 Å². The normalized spacial score (nSPS) is 11.2. The van der Waals surface area contributed by atoms with Crippen LogP contribution in [0.15, 0.2) is 58.5 Å². The summed E-state index contributed by atoms with van der Waals surface area (Å²) in [7, 11) is 1.74. The molecule has 1 heterocycles. The van der Waals surface area contributed by atoms with E-state index in [-0.39, 0.29) is 23.1 Å². The molecule has 1 aromatic heterocycles. The quantitative estimate of drug-likeness (QED) is 0.440. The van der Waals surface area contributed by atoms with Crippen molar-refractivity contribution in [2.75, 3.05) is 17.7 Å². The Balaban J connectivity index is 1.90. The number of hydrogen-bond acceptors (Lipinski definition) is 4. The highest BCUT2D eigenvalue weighted by Gasteiger charge is 2.16. The molecule has 28 heavy (non-hydrogen) atoms. The molecule has 0 saturated carbocycles. The summed E-state index contributed by atoms with van der Waals surface area (Å²) in [5.41, 5.74) is 1.26. The van der Waals surface area contributed by atoms with Gasteiger partial charge in [-0.15, -0.1) is 0 Å². The molecule has 0 radical (unpaired) electrons. The first-order chi connectivity index (χ1) is 13.4. The fourth-order valence-electron chi connectivity index (χ4n) is 2.83. The van der Waals surface area contributed by atoms with Gasteiger partial charge in [-0.05, 0) is 36.2 Å². The van der Waals surface area contributed by atoms with Crippen LogP contribution in [-0.2, 0) is 11.3 Å². The molecule has 0 fully saturated rings. The lowest BCUT2D eigenvalue weighted by Gasteiger charge is -2.18. The van der Waals surface area contributed by atoms with Crippen molar-refractivity contribution < 1.29 is 4.79 Å². The minimum Gasteiger partial charge on any atom is -0.315 e. The van der Waals surface area contributed by atoms with E-state index in [9.17, 15) is 9.59 Å². The minimum atomic E-state index is -0.110. The molecule has 3 aromatic rings. The summed E-state index contributed by atoms with van der Waals surface area (Å²) in [6, 6.07) is 14.5.